The van der Waals surface area contributed by atoms with Gasteiger partial charge in [0, 0.05) is 32.3 Å². The predicted octanol–water partition coefficient (Wildman–Crippen LogP) is 1.00. The van der Waals surface area contributed by atoms with Crippen LogP contribution in [0.15, 0.2) is 11.8 Å². The van der Waals surface area contributed by atoms with Gasteiger partial charge >= 0.3 is 0 Å². The van der Waals surface area contributed by atoms with E-state index in [-0.39, 0.29) is 18.0 Å². The van der Waals surface area contributed by atoms with E-state index >= 15 is 0 Å². The Kier molecular flexibility index (Phi) is 4.26. The third-order valence-corrected chi connectivity index (χ3v) is 1.31. The molecule has 0 fully saturated rings. The Bertz CT molecular complexity index is 217. The summed E-state index contributed by atoms with van der Waals surface area (Å²) >= 11 is 0. The molecule has 0 aliphatic heterocycles. The van der Waals surface area contributed by atoms with E-state index < -0.39 is 0 Å². The molecule has 68 valence electrons. The number of carbonyl (C=O) groups excluding carboxylic acids is 2. The van der Waals surface area contributed by atoms with Gasteiger partial charge in [-0.05, 0) is 13.8 Å². The maximum absolute atomic E-state index is 11.0. The van der Waals surface area contributed by atoms with Gasteiger partial charge in [0.05, 0.1) is 0 Å². The summed E-state index contributed by atoms with van der Waals surface area (Å²) in [5.74, 6) is -0.0304. The van der Waals surface area contributed by atoms with Crippen LogP contribution in [0.4, 0.5) is 0 Å². The highest BCUT2D eigenvalue weighted by atomic mass is 16.1. The van der Waals surface area contributed by atoms with Crippen LogP contribution in [-0.4, -0.2) is 30.6 Å². The van der Waals surface area contributed by atoms with Crippen molar-refractivity contribution in [1.82, 2.24) is 4.90 Å². The van der Waals surface area contributed by atoms with Crippen molar-refractivity contribution in [3.8, 4) is 0 Å². The number of hydrogen-bond donors (Lipinski definition) is 0. The van der Waals surface area contributed by atoms with E-state index in [1.54, 1.807) is 11.1 Å². The Morgan fingerprint density at radius 2 is 1.75 bits per heavy atom. The van der Waals surface area contributed by atoms with Crippen molar-refractivity contribution in [2.75, 3.05) is 14.1 Å². The Labute approximate surface area is 73.1 Å². The lowest BCUT2D eigenvalue weighted by Crippen LogP contribution is -2.09. The quantitative estimate of drug-likeness (QED) is 0.589. The second-order valence-electron chi connectivity index (χ2n) is 3.05. The van der Waals surface area contributed by atoms with E-state index in [0.29, 0.717) is 5.57 Å². The summed E-state index contributed by atoms with van der Waals surface area (Å²) in [4.78, 5) is 23.5. The van der Waals surface area contributed by atoms with Crippen LogP contribution in [0.2, 0.25) is 0 Å². The number of allylic oxidation sites excluding steroid dienone is 1. The molecule has 0 aliphatic rings. The summed E-state index contributed by atoms with van der Waals surface area (Å²) in [5, 5.41) is 0. The molecule has 0 amide bonds. The fourth-order valence-electron chi connectivity index (χ4n) is 0.841. The minimum atomic E-state index is -0.0427. The Balaban J connectivity index is 4.44. The van der Waals surface area contributed by atoms with Crippen molar-refractivity contribution in [2.24, 2.45) is 0 Å². The minimum absolute atomic E-state index is 0.0123. The van der Waals surface area contributed by atoms with Crippen molar-refractivity contribution in [2.45, 2.75) is 20.3 Å². The van der Waals surface area contributed by atoms with Gasteiger partial charge in [-0.15, -0.1) is 0 Å². The summed E-state index contributed by atoms with van der Waals surface area (Å²) < 4.78 is 0. The zero-order valence-electron chi connectivity index (χ0n) is 8.05. The van der Waals surface area contributed by atoms with E-state index in [0.717, 1.165) is 0 Å². The zero-order chi connectivity index (χ0) is 9.72. The van der Waals surface area contributed by atoms with Crippen LogP contribution in [0.25, 0.3) is 0 Å². The fraction of sp³-hybridized carbons (Fsp3) is 0.556. The molecular weight excluding hydrogens is 154 g/mol. The first kappa shape index (κ1) is 10.9. The van der Waals surface area contributed by atoms with E-state index in [9.17, 15) is 9.59 Å². The second-order valence-corrected chi connectivity index (χ2v) is 3.05. The van der Waals surface area contributed by atoms with Crippen LogP contribution in [0.1, 0.15) is 20.3 Å². The first-order chi connectivity index (χ1) is 5.43. The van der Waals surface area contributed by atoms with Gasteiger partial charge in [-0.1, -0.05) is 0 Å². The molecule has 0 radical (unpaired) electrons. The number of hydrogen-bond acceptors (Lipinski definition) is 3. The van der Waals surface area contributed by atoms with Crippen LogP contribution in [0.3, 0.4) is 0 Å². The predicted molar refractivity (Wildman–Crippen MR) is 47.7 cm³/mol. The van der Waals surface area contributed by atoms with Crippen molar-refractivity contribution >= 4 is 11.6 Å². The maximum Gasteiger partial charge on any atom is 0.157 e. The number of rotatable bonds is 4. The van der Waals surface area contributed by atoms with Crippen LogP contribution in [-0.2, 0) is 9.59 Å². The first-order valence-electron chi connectivity index (χ1n) is 3.81. The summed E-state index contributed by atoms with van der Waals surface area (Å²) in [6.45, 7) is 2.95. The zero-order valence-corrected chi connectivity index (χ0v) is 8.05. The number of nitrogens with zero attached hydrogens (tertiary/aromatic N) is 1. The molecule has 0 heterocycles. The fourth-order valence-corrected chi connectivity index (χ4v) is 0.841. The molecule has 3 nitrogen and oxygen atoms in total. The number of ketones is 2. The Morgan fingerprint density at radius 3 is 2.00 bits per heavy atom. The van der Waals surface area contributed by atoms with E-state index in [2.05, 4.69) is 0 Å². The van der Waals surface area contributed by atoms with Crippen LogP contribution >= 0.6 is 0 Å². The first-order valence-corrected chi connectivity index (χ1v) is 3.81. The monoisotopic (exact) mass is 169 g/mol. The molecule has 0 unspecified atom stereocenters. The lowest BCUT2D eigenvalue weighted by Gasteiger charge is -2.07. The van der Waals surface area contributed by atoms with Crippen LogP contribution < -0.4 is 0 Å². The highest BCUT2D eigenvalue weighted by Gasteiger charge is 2.06. The Hall–Kier alpha value is -1.12. The third kappa shape index (κ3) is 4.66. The van der Waals surface area contributed by atoms with Gasteiger partial charge in [-0.3, -0.25) is 9.59 Å². The molecule has 3 heteroatoms. The topological polar surface area (TPSA) is 37.4 Å². The van der Waals surface area contributed by atoms with Crippen LogP contribution in [0, 0.1) is 0 Å². The third-order valence-electron chi connectivity index (χ3n) is 1.31. The molecule has 0 saturated heterocycles. The standard InChI is InChI=1S/C9H15NO2/c1-7(11)5-9(8(2)12)6-10(3)4/h6H,5H2,1-4H3/b9-6-. The molecule has 0 aromatic rings. The van der Waals surface area contributed by atoms with Gasteiger partial charge in [-0.2, -0.15) is 0 Å². The molecule has 12 heavy (non-hydrogen) atoms. The normalized spacial score (nSPS) is 11.2. The number of carbonyl (C=O) groups is 2. The molecule has 0 aliphatic carbocycles. The van der Waals surface area contributed by atoms with Crippen LogP contribution in [0.5, 0.6) is 0 Å². The lowest BCUT2D eigenvalue weighted by atomic mass is 10.1. The summed E-state index contributed by atoms with van der Waals surface area (Å²) in [6.07, 6.45) is 1.91. The molecule has 0 N–H and O–H groups in total. The van der Waals surface area contributed by atoms with Gasteiger partial charge in [-0.25, -0.2) is 0 Å². The van der Waals surface area contributed by atoms with Crippen molar-refractivity contribution in [3.63, 3.8) is 0 Å². The average Bonchev–Trinajstić information content (AvgIpc) is 1.83. The highest BCUT2D eigenvalue weighted by molar-refractivity contribution is 5.98. The van der Waals surface area contributed by atoms with Gasteiger partial charge in [0.1, 0.15) is 5.78 Å². The van der Waals surface area contributed by atoms with Crippen molar-refractivity contribution < 1.29 is 9.59 Å². The van der Waals surface area contributed by atoms with E-state index in [4.69, 9.17) is 0 Å². The van der Waals surface area contributed by atoms with Gasteiger partial charge in [0.15, 0.2) is 5.78 Å². The SMILES string of the molecule is CC(=O)C/C(=C/N(C)C)C(C)=O. The molecular formula is C9H15NO2. The summed E-state index contributed by atoms with van der Waals surface area (Å²) in [5.41, 5.74) is 0.563. The highest BCUT2D eigenvalue weighted by Crippen LogP contribution is 2.04. The molecule has 0 aromatic carbocycles. The van der Waals surface area contributed by atoms with E-state index in [1.807, 2.05) is 14.1 Å². The smallest absolute Gasteiger partial charge is 0.157 e. The number of Topliss-reactive ketones (excluding diaryl/α,β-unsaturated/α-hetero) is 2. The van der Waals surface area contributed by atoms with Crippen molar-refractivity contribution in [1.29, 1.82) is 0 Å². The van der Waals surface area contributed by atoms with Crippen molar-refractivity contribution in [3.05, 3.63) is 11.8 Å². The molecule has 0 spiro atoms. The summed E-state index contributed by atoms with van der Waals surface area (Å²) in [6, 6.07) is 0. The second kappa shape index (κ2) is 4.70. The molecule has 0 bridgehead atoms. The molecule has 0 saturated carbocycles. The van der Waals surface area contributed by atoms with Gasteiger partial charge in [0.2, 0.25) is 0 Å². The maximum atomic E-state index is 11.0. The van der Waals surface area contributed by atoms with E-state index in [1.165, 1.54) is 13.8 Å². The molecule has 0 aromatic heterocycles. The molecule has 0 rings (SSSR count). The summed E-state index contributed by atoms with van der Waals surface area (Å²) in [7, 11) is 3.64. The van der Waals surface area contributed by atoms with Gasteiger partial charge < -0.3 is 4.90 Å². The minimum Gasteiger partial charge on any atom is -0.383 e. The Morgan fingerprint density at radius 1 is 1.25 bits per heavy atom. The lowest BCUT2D eigenvalue weighted by molar-refractivity contribution is -0.119. The molecule has 0 atom stereocenters. The largest absolute Gasteiger partial charge is 0.383 e. The van der Waals surface area contributed by atoms with Gasteiger partial charge in [0.25, 0.3) is 0 Å². The average molecular weight is 169 g/mol.